The van der Waals surface area contributed by atoms with Crippen LogP contribution in [0, 0.1) is 0 Å². The van der Waals surface area contributed by atoms with E-state index < -0.39 is 0 Å². The van der Waals surface area contributed by atoms with E-state index in [1.165, 1.54) is 11.9 Å². The molecule has 0 fully saturated rings. The van der Waals surface area contributed by atoms with Crippen molar-refractivity contribution < 1.29 is 0 Å². The minimum absolute atomic E-state index is 0.560. The van der Waals surface area contributed by atoms with Crippen LogP contribution in [-0.4, -0.2) is 35.0 Å². The molecule has 0 radical (unpaired) electrons. The van der Waals surface area contributed by atoms with Crippen LogP contribution in [-0.2, 0) is 6.54 Å². The van der Waals surface area contributed by atoms with Crippen molar-refractivity contribution in [1.29, 1.82) is 0 Å². The first-order chi connectivity index (χ1) is 9.75. The fourth-order valence-corrected chi connectivity index (χ4v) is 2.14. The summed E-state index contributed by atoms with van der Waals surface area (Å²) in [7, 11) is 2.13. The number of aromatic nitrogens is 2. The second-order valence-electron chi connectivity index (χ2n) is 4.72. The molecule has 0 saturated heterocycles. The van der Waals surface area contributed by atoms with E-state index in [2.05, 4.69) is 51.5 Å². The topological polar surface area (TPSA) is 41.0 Å². The van der Waals surface area contributed by atoms with Gasteiger partial charge in [0.2, 0.25) is 0 Å². The van der Waals surface area contributed by atoms with Gasteiger partial charge in [0.15, 0.2) is 0 Å². The van der Waals surface area contributed by atoms with Crippen molar-refractivity contribution in [2.75, 3.05) is 25.5 Å². The second-order valence-corrected chi connectivity index (χ2v) is 5.13. The number of benzene rings is 1. The fraction of sp³-hybridized carbons (Fsp3) is 0.333. The van der Waals surface area contributed by atoms with Crippen LogP contribution < -0.4 is 5.32 Å². The predicted molar refractivity (Wildman–Crippen MR) is 82.9 cm³/mol. The maximum absolute atomic E-state index is 5.98. The van der Waals surface area contributed by atoms with Crippen molar-refractivity contribution in [3.8, 4) is 0 Å². The van der Waals surface area contributed by atoms with Crippen LogP contribution in [0.2, 0.25) is 5.02 Å². The summed E-state index contributed by atoms with van der Waals surface area (Å²) >= 11 is 5.98. The predicted octanol–water partition coefficient (Wildman–Crippen LogP) is 3.06. The van der Waals surface area contributed by atoms with E-state index in [1.807, 2.05) is 6.07 Å². The summed E-state index contributed by atoms with van der Waals surface area (Å²) in [6.45, 7) is 2.83. The van der Waals surface area contributed by atoms with Gasteiger partial charge in [0.1, 0.15) is 17.2 Å². The Kier molecular flexibility index (Phi) is 5.77. The molecule has 1 aromatic heterocycles. The summed E-state index contributed by atoms with van der Waals surface area (Å²) in [4.78, 5) is 10.3. The van der Waals surface area contributed by atoms with Crippen LogP contribution >= 0.6 is 11.6 Å². The van der Waals surface area contributed by atoms with Gasteiger partial charge in [-0.2, -0.15) is 0 Å². The Labute approximate surface area is 124 Å². The molecule has 1 heterocycles. The van der Waals surface area contributed by atoms with Crippen LogP contribution in [0.25, 0.3) is 0 Å². The molecule has 1 aromatic carbocycles. The summed E-state index contributed by atoms with van der Waals surface area (Å²) in [5.74, 6) is 0.701. The molecule has 106 valence electrons. The summed E-state index contributed by atoms with van der Waals surface area (Å²) < 4.78 is 0. The molecule has 2 aromatic rings. The van der Waals surface area contributed by atoms with Gasteiger partial charge in [-0.1, -0.05) is 41.9 Å². The van der Waals surface area contributed by atoms with Crippen LogP contribution in [0.4, 0.5) is 5.82 Å². The van der Waals surface area contributed by atoms with E-state index in [9.17, 15) is 0 Å². The minimum atomic E-state index is 0.560. The monoisotopic (exact) mass is 290 g/mol. The zero-order valence-corrected chi connectivity index (χ0v) is 12.3. The maximum atomic E-state index is 5.98. The molecule has 0 aliphatic rings. The third kappa shape index (κ3) is 4.79. The van der Waals surface area contributed by atoms with E-state index in [4.69, 9.17) is 11.6 Å². The van der Waals surface area contributed by atoms with Gasteiger partial charge in [0.05, 0.1) is 6.20 Å². The van der Waals surface area contributed by atoms with E-state index in [1.54, 1.807) is 6.20 Å². The van der Waals surface area contributed by atoms with Crippen molar-refractivity contribution in [3.63, 3.8) is 0 Å². The molecule has 0 spiro atoms. The first kappa shape index (κ1) is 14.8. The average Bonchev–Trinajstić information content (AvgIpc) is 2.46. The number of anilines is 1. The quantitative estimate of drug-likeness (QED) is 0.796. The molecular weight excluding hydrogens is 272 g/mol. The molecule has 0 unspecified atom stereocenters. The minimum Gasteiger partial charge on any atom is -0.369 e. The summed E-state index contributed by atoms with van der Waals surface area (Å²) in [6, 6.07) is 10.5. The highest BCUT2D eigenvalue weighted by molar-refractivity contribution is 6.32. The molecule has 1 N–H and O–H groups in total. The third-order valence-electron chi connectivity index (χ3n) is 2.97. The lowest BCUT2D eigenvalue weighted by Crippen LogP contribution is -2.21. The van der Waals surface area contributed by atoms with Gasteiger partial charge < -0.3 is 10.2 Å². The Bertz CT molecular complexity index is 518. The molecule has 0 aliphatic carbocycles. The zero-order valence-electron chi connectivity index (χ0n) is 11.6. The number of nitrogens with one attached hydrogen (secondary N) is 1. The highest BCUT2D eigenvalue weighted by Gasteiger charge is 2.02. The van der Waals surface area contributed by atoms with Crippen LogP contribution in [0.3, 0.4) is 0 Å². The number of rotatable bonds is 7. The summed E-state index contributed by atoms with van der Waals surface area (Å²) in [6.07, 6.45) is 4.12. The van der Waals surface area contributed by atoms with Crippen molar-refractivity contribution >= 4 is 17.4 Å². The number of nitrogens with zero attached hydrogens (tertiary/aromatic N) is 3. The SMILES string of the molecule is CN(CCCNc1ncncc1Cl)Cc1ccccc1. The Morgan fingerprint density at radius 2 is 2.05 bits per heavy atom. The van der Waals surface area contributed by atoms with Gasteiger partial charge in [0, 0.05) is 13.1 Å². The standard InChI is InChI=1S/C15H19ClN4/c1-20(11-13-6-3-2-4-7-13)9-5-8-18-15-14(16)10-17-12-19-15/h2-4,6-7,10,12H,5,8-9,11H2,1H3,(H,17,18,19). The highest BCUT2D eigenvalue weighted by Crippen LogP contribution is 2.15. The van der Waals surface area contributed by atoms with E-state index in [-0.39, 0.29) is 0 Å². The zero-order chi connectivity index (χ0) is 14.2. The van der Waals surface area contributed by atoms with Gasteiger partial charge >= 0.3 is 0 Å². The Hall–Kier alpha value is -1.65. The van der Waals surface area contributed by atoms with Crippen molar-refractivity contribution in [2.45, 2.75) is 13.0 Å². The number of halogens is 1. The van der Waals surface area contributed by atoms with Crippen LogP contribution in [0.5, 0.6) is 0 Å². The third-order valence-corrected chi connectivity index (χ3v) is 3.25. The highest BCUT2D eigenvalue weighted by atomic mass is 35.5. The molecule has 20 heavy (non-hydrogen) atoms. The number of hydrogen-bond acceptors (Lipinski definition) is 4. The lowest BCUT2D eigenvalue weighted by Gasteiger charge is -2.16. The van der Waals surface area contributed by atoms with Gasteiger partial charge in [0.25, 0.3) is 0 Å². The normalized spacial score (nSPS) is 10.8. The smallest absolute Gasteiger partial charge is 0.148 e. The molecule has 0 saturated carbocycles. The lowest BCUT2D eigenvalue weighted by atomic mass is 10.2. The van der Waals surface area contributed by atoms with Gasteiger partial charge in [-0.3, -0.25) is 0 Å². The largest absolute Gasteiger partial charge is 0.369 e. The van der Waals surface area contributed by atoms with Crippen LogP contribution in [0.15, 0.2) is 42.9 Å². The first-order valence-electron chi connectivity index (χ1n) is 6.67. The van der Waals surface area contributed by atoms with E-state index >= 15 is 0 Å². The molecule has 5 heteroatoms. The van der Waals surface area contributed by atoms with E-state index in [0.717, 1.165) is 26.1 Å². The average molecular weight is 291 g/mol. The fourth-order valence-electron chi connectivity index (χ4n) is 1.97. The molecule has 4 nitrogen and oxygen atoms in total. The van der Waals surface area contributed by atoms with Crippen molar-refractivity contribution in [2.24, 2.45) is 0 Å². The number of hydrogen-bond donors (Lipinski definition) is 1. The van der Waals surface area contributed by atoms with Gasteiger partial charge in [-0.15, -0.1) is 0 Å². The lowest BCUT2D eigenvalue weighted by molar-refractivity contribution is 0.325. The molecule has 0 amide bonds. The second kappa shape index (κ2) is 7.82. The molecular formula is C15H19ClN4. The summed E-state index contributed by atoms with van der Waals surface area (Å²) in [5.41, 5.74) is 1.34. The maximum Gasteiger partial charge on any atom is 0.148 e. The Balaban J connectivity index is 1.67. The first-order valence-corrected chi connectivity index (χ1v) is 7.05. The molecule has 2 rings (SSSR count). The molecule has 0 bridgehead atoms. The molecule has 0 aliphatic heterocycles. The van der Waals surface area contributed by atoms with Gasteiger partial charge in [-0.25, -0.2) is 9.97 Å². The van der Waals surface area contributed by atoms with Crippen molar-refractivity contribution in [1.82, 2.24) is 14.9 Å². The van der Waals surface area contributed by atoms with Gasteiger partial charge in [-0.05, 0) is 25.6 Å². The Morgan fingerprint density at radius 3 is 2.80 bits per heavy atom. The van der Waals surface area contributed by atoms with Crippen molar-refractivity contribution in [3.05, 3.63) is 53.4 Å². The Morgan fingerprint density at radius 1 is 1.25 bits per heavy atom. The summed E-state index contributed by atoms with van der Waals surface area (Å²) in [5, 5.41) is 3.78. The molecule has 0 atom stereocenters. The van der Waals surface area contributed by atoms with E-state index in [0.29, 0.717) is 10.8 Å². The van der Waals surface area contributed by atoms with Crippen LogP contribution in [0.1, 0.15) is 12.0 Å².